The zero-order valence-corrected chi connectivity index (χ0v) is 20.8. The molecule has 0 spiro atoms. The highest BCUT2D eigenvalue weighted by Crippen LogP contribution is 2.37. The molecule has 5 nitrogen and oxygen atoms in total. The summed E-state index contributed by atoms with van der Waals surface area (Å²) in [6, 6.07) is 28.4. The zero-order valence-electron chi connectivity index (χ0n) is 19.9. The van der Waals surface area contributed by atoms with Gasteiger partial charge >= 0.3 is 0 Å². The molecule has 1 saturated heterocycles. The van der Waals surface area contributed by atoms with E-state index in [1.54, 1.807) is 0 Å². The van der Waals surface area contributed by atoms with Gasteiger partial charge in [0.25, 0.3) is 11.8 Å². The Hall–Kier alpha value is -3.35. The lowest BCUT2D eigenvalue weighted by molar-refractivity contribution is -0.917. The fourth-order valence-electron chi connectivity index (χ4n) is 4.65. The van der Waals surface area contributed by atoms with E-state index in [1.165, 1.54) is 32.7 Å². The first-order chi connectivity index (χ1) is 17.1. The lowest BCUT2D eigenvalue weighted by atomic mass is 10.2. The van der Waals surface area contributed by atoms with E-state index in [-0.39, 0.29) is 11.8 Å². The van der Waals surface area contributed by atoms with Crippen molar-refractivity contribution in [1.29, 1.82) is 0 Å². The molecule has 2 aliphatic rings. The van der Waals surface area contributed by atoms with Gasteiger partial charge in [-0.15, -0.1) is 0 Å². The first-order valence-corrected chi connectivity index (χ1v) is 12.9. The third kappa shape index (κ3) is 5.34. The highest BCUT2D eigenvalue weighted by atomic mass is 32.2. The SMILES string of the molecule is Cc1ccc(SC2=C(N3CC[NH+](Cc4ccccc4)CC3)C(=O)N(Cc3ccccc3)C2=O)cc1. The summed E-state index contributed by atoms with van der Waals surface area (Å²) in [7, 11) is 0. The number of aryl methyl sites for hydroxylation is 1. The number of piperazine rings is 1. The van der Waals surface area contributed by atoms with Crippen LogP contribution in [0.15, 0.2) is 100 Å². The number of carbonyl (C=O) groups is 2. The van der Waals surface area contributed by atoms with Gasteiger partial charge in [-0.1, -0.05) is 90.1 Å². The van der Waals surface area contributed by atoms with Gasteiger partial charge in [-0.05, 0) is 24.6 Å². The van der Waals surface area contributed by atoms with Crippen LogP contribution >= 0.6 is 11.8 Å². The molecule has 0 radical (unpaired) electrons. The summed E-state index contributed by atoms with van der Waals surface area (Å²) >= 11 is 1.41. The minimum atomic E-state index is -0.196. The van der Waals surface area contributed by atoms with Gasteiger partial charge in [0.1, 0.15) is 17.1 Å². The Morgan fingerprint density at radius 1 is 0.771 bits per heavy atom. The lowest BCUT2D eigenvalue weighted by Crippen LogP contribution is -3.13. The maximum Gasteiger partial charge on any atom is 0.278 e. The summed E-state index contributed by atoms with van der Waals surface area (Å²) in [5, 5.41) is 0. The van der Waals surface area contributed by atoms with Crippen molar-refractivity contribution in [3.8, 4) is 0 Å². The van der Waals surface area contributed by atoms with Crippen molar-refractivity contribution in [2.75, 3.05) is 26.2 Å². The number of quaternary nitrogens is 1. The van der Waals surface area contributed by atoms with Gasteiger partial charge < -0.3 is 9.80 Å². The fraction of sp³-hybridized carbons (Fsp3) is 0.241. The highest BCUT2D eigenvalue weighted by molar-refractivity contribution is 8.04. The Balaban J connectivity index is 1.37. The number of thioether (sulfide) groups is 1. The number of hydrogen-bond acceptors (Lipinski definition) is 4. The molecule has 2 amide bonds. The smallest absolute Gasteiger partial charge is 0.278 e. The van der Waals surface area contributed by atoms with Crippen molar-refractivity contribution in [3.05, 3.63) is 112 Å². The van der Waals surface area contributed by atoms with Crippen LogP contribution in [0.3, 0.4) is 0 Å². The highest BCUT2D eigenvalue weighted by Gasteiger charge is 2.42. The number of hydrogen-bond donors (Lipinski definition) is 1. The van der Waals surface area contributed by atoms with Crippen molar-refractivity contribution in [2.45, 2.75) is 24.9 Å². The Labute approximate surface area is 211 Å². The van der Waals surface area contributed by atoms with Gasteiger partial charge in [-0.3, -0.25) is 14.5 Å². The number of amides is 2. The van der Waals surface area contributed by atoms with Gasteiger partial charge in [0, 0.05) is 10.5 Å². The van der Waals surface area contributed by atoms with Gasteiger partial charge in [0.2, 0.25) is 0 Å². The Bertz CT molecular complexity index is 1220. The second-order valence-corrected chi connectivity index (χ2v) is 10.3. The molecule has 178 valence electrons. The predicted molar refractivity (Wildman–Crippen MR) is 138 cm³/mol. The number of imide groups is 1. The molecular formula is C29H30N3O2S+. The third-order valence-corrected chi connectivity index (χ3v) is 7.69. The quantitative estimate of drug-likeness (QED) is 0.523. The molecule has 35 heavy (non-hydrogen) atoms. The Morgan fingerprint density at radius 2 is 1.37 bits per heavy atom. The molecule has 6 heteroatoms. The maximum absolute atomic E-state index is 13.6. The average molecular weight is 485 g/mol. The standard InChI is InChI=1S/C29H29N3O2S/c1-22-12-14-25(15-13-22)35-27-26(28(33)32(29(27)34)21-24-10-6-3-7-11-24)31-18-16-30(17-19-31)20-23-8-4-2-5-9-23/h2-15H,16-21H2,1H3/p+1. The molecule has 2 aliphatic heterocycles. The molecule has 3 aromatic rings. The number of benzene rings is 3. The number of rotatable bonds is 7. The Kier molecular flexibility index (Phi) is 7.02. The summed E-state index contributed by atoms with van der Waals surface area (Å²) in [5.41, 5.74) is 4.01. The lowest BCUT2D eigenvalue weighted by Gasteiger charge is -2.34. The predicted octanol–water partition coefficient (Wildman–Crippen LogP) is 3.27. The van der Waals surface area contributed by atoms with Crippen LogP contribution in [-0.4, -0.2) is 47.8 Å². The normalized spacial score (nSPS) is 16.9. The van der Waals surface area contributed by atoms with Crippen LogP contribution in [-0.2, 0) is 22.7 Å². The summed E-state index contributed by atoms with van der Waals surface area (Å²) in [5.74, 6) is -0.376. The molecule has 5 rings (SSSR count). The molecular weight excluding hydrogens is 454 g/mol. The molecule has 0 aromatic heterocycles. The molecule has 1 N–H and O–H groups in total. The van der Waals surface area contributed by atoms with Crippen LogP contribution in [0.5, 0.6) is 0 Å². The van der Waals surface area contributed by atoms with Gasteiger partial charge in [-0.2, -0.15) is 0 Å². The van der Waals surface area contributed by atoms with E-state index in [0.717, 1.165) is 43.2 Å². The van der Waals surface area contributed by atoms with E-state index in [0.29, 0.717) is 17.1 Å². The summed E-state index contributed by atoms with van der Waals surface area (Å²) < 4.78 is 0. The average Bonchev–Trinajstić information content (AvgIpc) is 3.11. The summed E-state index contributed by atoms with van der Waals surface area (Å²) in [6.07, 6.45) is 0. The molecule has 3 aromatic carbocycles. The monoisotopic (exact) mass is 484 g/mol. The van der Waals surface area contributed by atoms with E-state index in [9.17, 15) is 9.59 Å². The molecule has 1 fully saturated rings. The second-order valence-electron chi connectivity index (χ2n) is 9.17. The zero-order chi connectivity index (χ0) is 24.2. The third-order valence-electron chi connectivity index (χ3n) is 6.61. The molecule has 0 aliphatic carbocycles. The minimum absolute atomic E-state index is 0.181. The van der Waals surface area contributed by atoms with Crippen molar-refractivity contribution in [3.63, 3.8) is 0 Å². The minimum Gasteiger partial charge on any atom is -0.355 e. The van der Waals surface area contributed by atoms with Gasteiger partial charge in [0.05, 0.1) is 32.7 Å². The van der Waals surface area contributed by atoms with Gasteiger partial charge in [0.15, 0.2) is 0 Å². The first kappa shape index (κ1) is 23.4. The molecule has 0 unspecified atom stereocenters. The maximum atomic E-state index is 13.6. The number of nitrogens with zero attached hydrogens (tertiary/aromatic N) is 2. The van der Waals surface area contributed by atoms with Gasteiger partial charge in [-0.25, -0.2) is 0 Å². The van der Waals surface area contributed by atoms with Crippen molar-refractivity contribution in [2.24, 2.45) is 0 Å². The van der Waals surface area contributed by atoms with Crippen molar-refractivity contribution < 1.29 is 14.5 Å². The summed E-state index contributed by atoms with van der Waals surface area (Å²) in [6.45, 7) is 6.69. The van der Waals surface area contributed by atoms with E-state index in [4.69, 9.17) is 0 Å². The summed E-state index contributed by atoms with van der Waals surface area (Å²) in [4.78, 5) is 33.7. The van der Waals surface area contributed by atoms with E-state index < -0.39 is 0 Å². The van der Waals surface area contributed by atoms with Crippen LogP contribution in [0, 0.1) is 6.92 Å². The van der Waals surface area contributed by atoms with Crippen LogP contribution in [0.2, 0.25) is 0 Å². The fourth-order valence-corrected chi connectivity index (χ4v) is 5.67. The first-order valence-electron chi connectivity index (χ1n) is 12.1. The van der Waals surface area contributed by atoms with Crippen molar-refractivity contribution in [1.82, 2.24) is 9.80 Å². The molecule has 2 heterocycles. The molecule has 0 saturated carbocycles. The Morgan fingerprint density at radius 3 is 2.00 bits per heavy atom. The van der Waals surface area contributed by atoms with Crippen LogP contribution < -0.4 is 4.90 Å². The van der Waals surface area contributed by atoms with E-state index >= 15 is 0 Å². The molecule has 0 atom stereocenters. The molecule has 0 bridgehead atoms. The van der Waals surface area contributed by atoms with E-state index in [1.807, 2.05) is 67.6 Å². The largest absolute Gasteiger partial charge is 0.355 e. The second kappa shape index (κ2) is 10.5. The van der Waals surface area contributed by atoms with E-state index in [2.05, 4.69) is 29.2 Å². The van der Waals surface area contributed by atoms with Crippen molar-refractivity contribution >= 4 is 23.6 Å². The number of carbonyl (C=O) groups excluding carboxylic acids is 2. The van der Waals surface area contributed by atoms with Crippen LogP contribution in [0.1, 0.15) is 16.7 Å². The van der Waals surface area contributed by atoms with Crippen LogP contribution in [0.25, 0.3) is 0 Å². The topological polar surface area (TPSA) is 45.1 Å². The number of nitrogens with one attached hydrogen (secondary N) is 1. The van der Waals surface area contributed by atoms with Crippen LogP contribution in [0.4, 0.5) is 0 Å².